The van der Waals surface area contributed by atoms with Crippen LogP contribution < -0.4 is 0 Å². The summed E-state index contributed by atoms with van der Waals surface area (Å²) < 4.78 is 4.74. The molecule has 1 aromatic carbocycles. The number of fused-ring (bicyclic) bond motifs is 1. The number of carbonyl (C=O) groups is 1. The molecule has 15 heavy (non-hydrogen) atoms. The Morgan fingerprint density at radius 2 is 2.20 bits per heavy atom. The number of aromatic amines is 1. The molecule has 1 atom stereocenters. The zero-order valence-corrected chi connectivity index (χ0v) is 8.78. The Morgan fingerprint density at radius 3 is 2.93 bits per heavy atom. The van der Waals surface area contributed by atoms with Crippen LogP contribution in [-0.4, -0.2) is 18.1 Å². The third-order valence-electron chi connectivity index (χ3n) is 2.65. The van der Waals surface area contributed by atoms with Gasteiger partial charge in [-0.1, -0.05) is 12.1 Å². The average molecular weight is 203 g/mol. The van der Waals surface area contributed by atoms with Crippen molar-refractivity contribution in [1.29, 1.82) is 0 Å². The van der Waals surface area contributed by atoms with Crippen LogP contribution in [0.25, 0.3) is 10.9 Å². The van der Waals surface area contributed by atoms with Crippen molar-refractivity contribution in [2.75, 3.05) is 7.11 Å². The second-order valence-corrected chi connectivity index (χ2v) is 3.53. The van der Waals surface area contributed by atoms with Crippen molar-refractivity contribution < 1.29 is 9.53 Å². The Bertz CT molecular complexity index is 487. The molecule has 0 aliphatic rings. The summed E-state index contributed by atoms with van der Waals surface area (Å²) in [7, 11) is 1.41. The van der Waals surface area contributed by atoms with E-state index in [1.165, 1.54) is 7.11 Å². The van der Waals surface area contributed by atoms with Gasteiger partial charge < -0.3 is 9.72 Å². The number of methoxy groups -OCH3 is 1. The summed E-state index contributed by atoms with van der Waals surface area (Å²) in [4.78, 5) is 14.6. The predicted molar refractivity (Wildman–Crippen MR) is 58.7 cm³/mol. The third kappa shape index (κ3) is 1.61. The Hall–Kier alpha value is -1.77. The van der Waals surface area contributed by atoms with Gasteiger partial charge in [0.1, 0.15) is 0 Å². The number of H-pyrrole nitrogens is 1. The largest absolute Gasteiger partial charge is 0.469 e. The number of nitrogens with one attached hydrogen (secondary N) is 1. The molecule has 78 valence electrons. The monoisotopic (exact) mass is 203 g/mol. The highest BCUT2D eigenvalue weighted by molar-refractivity contribution is 5.89. The maximum absolute atomic E-state index is 11.4. The van der Waals surface area contributed by atoms with E-state index in [9.17, 15) is 4.79 Å². The van der Waals surface area contributed by atoms with E-state index in [1.54, 1.807) is 0 Å². The normalized spacial score (nSPS) is 12.7. The van der Waals surface area contributed by atoms with Gasteiger partial charge in [0.05, 0.1) is 13.0 Å². The second kappa shape index (κ2) is 3.77. The molecule has 1 N–H and O–H groups in total. The molecule has 0 radical (unpaired) electrons. The van der Waals surface area contributed by atoms with Crippen LogP contribution in [0.3, 0.4) is 0 Å². The van der Waals surface area contributed by atoms with E-state index in [1.807, 2.05) is 37.4 Å². The molecule has 0 bridgehead atoms. The molecular formula is C12H13NO2. The van der Waals surface area contributed by atoms with Crippen LogP contribution in [0.1, 0.15) is 18.4 Å². The van der Waals surface area contributed by atoms with Gasteiger partial charge in [-0.15, -0.1) is 0 Å². The molecule has 2 rings (SSSR count). The number of hydrogen-bond acceptors (Lipinski definition) is 2. The lowest BCUT2D eigenvalue weighted by atomic mass is 9.98. The summed E-state index contributed by atoms with van der Waals surface area (Å²) in [5.74, 6) is -0.432. The minimum atomic E-state index is -0.227. The van der Waals surface area contributed by atoms with Gasteiger partial charge in [-0.2, -0.15) is 0 Å². The number of rotatable bonds is 2. The van der Waals surface area contributed by atoms with E-state index < -0.39 is 0 Å². The topological polar surface area (TPSA) is 42.1 Å². The molecule has 0 saturated carbocycles. The van der Waals surface area contributed by atoms with E-state index >= 15 is 0 Å². The highest BCUT2D eigenvalue weighted by Crippen LogP contribution is 2.25. The zero-order valence-electron chi connectivity index (χ0n) is 8.78. The van der Waals surface area contributed by atoms with E-state index in [2.05, 4.69) is 4.98 Å². The van der Waals surface area contributed by atoms with Crippen LogP contribution in [-0.2, 0) is 9.53 Å². The van der Waals surface area contributed by atoms with Crippen LogP contribution in [0.4, 0.5) is 0 Å². The number of benzene rings is 1. The highest BCUT2D eigenvalue weighted by atomic mass is 16.5. The number of ether oxygens (including phenoxy) is 1. The molecule has 1 heterocycles. The maximum atomic E-state index is 11.4. The van der Waals surface area contributed by atoms with Crippen LogP contribution >= 0.6 is 0 Å². The Balaban J connectivity index is 2.51. The van der Waals surface area contributed by atoms with Crippen LogP contribution in [0.2, 0.25) is 0 Å². The fourth-order valence-corrected chi connectivity index (χ4v) is 1.79. The number of esters is 1. The number of carbonyl (C=O) groups excluding carboxylic acids is 1. The molecule has 0 aliphatic heterocycles. The van der Waals surface area contributed by atoms with E-state index in [0.717, 1.165) is 16.5 Å². The number of aromatic nitrogens is 1. The van der Waals surface area contributed by atoms with Gasteiger partial charge in [0.15, 0.2) is 0 Å². The molecule has 1 aromatic heterocycles. The van der Waals surface area contributed by atoms with E-state index in [0.29, 0.717) is 0 Å². The molecule has 0 saturated heterocycles. The first kappa shape index (κ1) is 9.77. The van der Waals surface area contributed by atoms with Crippen molar-refractivity contribution in [3.8, 4) is 0 Å². The van der Waals surface area contributed by atoms with Crippen LogP contribution in [0.5, 0.6) is 0 Å². The van der Waals surface area contributed by atoms with Gasteiger partial charge in [-0.05, 0) is 24.6 Å². The van der Waals surface area contributed by atoms with Gasteiger partial charge in [-0.3, -0.25) is 4.79 Å². The maximum Gasteiger partial charge on any atom is 0.312 e. The van der Waals surface area contributed by atoms with Crippen molar-refractivity contribution in [2.24, 2.45) is 0 Å². The smallest absolute Gasteiger partial charge is 0.312 e. The van der Waals surface area contributed by atoms with Crippen molar-refractivity contribution in [2.45, 2.75) is 12.8 Å². The van der Waals surface area contributed by atoms with Crippen molar-refractivity contribution in [1.82, 2.24) is 4.98 Å². The second-order valence-electron chi connectivity index (χ2n) is 3.53. The molecule has 3 nitrogen and oxygen atoms in total. The van der Waals surface area contributed by atoms with Gasteiger partial charge in [0.25, 0.3) is 0 Å². The summed E-state index contributed by atoms with van der Waals surface area (Å²) in [6.45, 7) is 1.85. The lowest BCUT2D eigenvalue weighted by Crippen LogP contribution is -2.10. The van der Waals surface area contributed by atoms with E-state index in [-0.39, 0.29) is 11.9 Å². The van der Waals surface area contributed by atoms with Crippen LogP contribution in [0.15, 0.2) is 30.5 Å². The van der Waals surface area contributed by atoms with Crippen molar-refractivity contribution in [3.05, 3.63) is 36.0 Å². The first-order valence-corrected chi connectivity index (χ1v) is 4.88. The zero-order chi connectivity index (χ0) is 10.8. The minimum Gasteiger partial charge on any atom is -0.469 e. The van der Waals surface area contributed by atoms with Crippen LogP contribution in [0, 0.1) is 0 Å². The average Bonchev–Trinajstić information content (AvgIpc) is 2.74. The quantitative estimate of drug-likeness (QED) is 0.762. The number of hydrogen-bond donors (Lipinski definition) is 1. The first-order valence-electron chi connectivity index (χ1n) is 4.88. The highest BCUT2D eigenvalue weighted by Gasteiger charge is 2.17. The Labute approximate surface area is 88.1 Å². The Kier molecular flexibility index (Phi) is 2.46. The van der Waals surface area contributed by atoms with Crippen molar-refractivity contribution in [3.63, 3.8) is 0 Å². The lowest BCUT2D eigenvalue weighted by molar-refractivity contribution is -0.141. The molecule has 1 unspecified atom stereocenters. The predicted octanol–water partition coefficient (Wildman–Crippen LogP) is 2.44. The van der Waals surface area contributed by atoms with Crippen molar-refractivity contribution >= 4 is 16.9 Å². The van der Waals surface area contributed by atoms with E-state index in [4.69, 9.17) is 4.74 Å². The molecule has 0 spiro atoms. The summed E-state index contributed by atoms with van der Waals surface area (Å²) in [5.41, 5.74) is 2.05. The Morgan fingerprint density at radius 1 is 1.40 bits per heavy atom. The SMILES string of the molecule is COC(=O)C(C)c1cccc2[nH]ccc12. The molecule has 0 amide bonds. The lowest BCUT2D eigenvalue weighted by Gasteiger charge is -2.10. The van der Waals surface area contributed by atoms with Gasteiger partial charge >= 0.3 is 5.97 Å². The summed E-state index contributed by atoms with van der Waals surface area (Å²) >= 11 is 0. The third-order valence-corrected chi connectivity index (χ3v) is 2.65. The summed E-state index contributed by atoms with van der Waals surface area (Å²) in [5, 5.41) is 1.08. The fraction of sp³-hybridized carbons (Fsp3) is 0.250. The first-order chi connectivity index (χ1) is 7.24. The van der Waals surface area contributed by atoms with Gasteiger partial charge in [0, 0.05) is 17.1 Å². The standard InChI is InChI=1S/C12H13NO2/c1-8(12(14)15-2)9-4-3-5-11-10(9)6-7-13-11/h3-8,13H,1-2H3. The van der Waals surface area contributed by atoms with Gasteiger partial charge in [0.2, 0.25) is 0 Å². The molecular weight excluding hydrogens is 190 g/mol. The molecule has 0 fully saturated rings. The molecule has 2 aromatic rings. The molecule has 0 aliphatic carbocycles. The summed E-state index contributed by atoms with van der Waals surface area (Å²) in [6, 6.07) is 7.86. The fourth-order valence-electron chi connectivity index (χ4n) is 1.79. The summed E-state index contributed by atoms with van der Waals surface area (Å²) in [6.07, 6.45) is 1.87. The molecule has 3 heteroatoms. The van der Waals surface area contributed by atoms with Gasteiger partial charge in [-0.25, -0.2) is 0 Å². The minimum absolute atomic E-state index is 0.205.